The van der Waals surface area contributed by atoms with Crippen LogP contribution in [0.1, 0.15) is 19.2 Å². The van der Waals surface area contributed by atoms with E-state index in [0.29, 0.717) is 16.9 Å². The van der Waals surface area contributed by atoms with Crippen molar-refractivity contribution in [1.29, 1.82) is 0 Å². The van der Waals surface area contributed by atoms with Crippen molar-refractivity contribution in [3.63, 3.8) is 0 Å². The molecule has 18 heavy (non-hydrogen) atoms. The molecule has 2 aromatic heterocycles. The molecule has 0 saturated heterocycles. The number of nitrogens with one attached hydrogen (secondary N) is 1. The molecular weight excluding hydrogens is 276 g/mol. The number of ether oxygens (including phenoxy) is 1. The van der Waals surface area contributed by atoms with E-state index in [2.05, 4.69) is 30.1 Å². The van der Waals surface area contributed by atoms with Crippen LogP contribution in [0.2, 0.25) is 5.28 Å². The quantitative estimate of drug-likeness (QED) is 0.897. The van der Waals surface area contributed by atoms with Crippen LogP contribution in [0.15, 0.2) is 10.3 Å². The topological polar surface area (TPSA) is 89.5 Å². The Morgan fingerprint density at radius 3 is 2.72 bits per heavy atom. The summed E-state index contributed by atoms with van der Waals surface area (Å²) in [6, 6.07) is 0.214. The van der Waals surface area contributed by atoms with Crippen LogP contribution in [0.3, 0.4) is 0 Å². The average molecular weight is 287 g/mol. The molecule has 2 aromatic rings. The summed E-state index contributed by atoms with van der Waals surface area (Å²) in [6.07, 6.45) is 0.867. The molecule has 0 amide bonds. The molecule has 2 rings (SSSR count). The summed E-state index contributed by atoms with van der Waals surface area (Å²) in [5, 5.41) is 7.73. The largest absolute Gasteiger partial charge is 0.463 e. The fraction of sp³-hybridized carbons (Fsp3) is 0.444. The molecule has 0 aliphatic heterocycles. The van der Waals surface area contributed by atoms with Crippen molar-refractivity contribution < 1.29 is 4.74 Å². The average Bonchev–Trinajstić information content (AvgIpc) is 2.71. The molecule has 0 aliphatic rings. The van der Waals surface area contributed by atoms with Crippen molar-refractivity contribution >= 4 is 23.4 Å². The van der Waals surface area contributed by atoms with Crippen LogP contribution in [0.5, 0.6) is 6.01 Å². The summed E-state index contributed by atoms with van der Waals surface area (Å²) in [5.41, 5.74) is 0. The Hall–Kier alpha value is -1.41. The molecule has 7 nitrogen and oxygen atoms in total. The van der Waals surface area contributed by atoms with Crippen LogP contribution in [0.4, 0.5) is 0 Å². The zero-order valence-electron chi connectivity index (χ0n) is 9.84. The van der Waals surface area contributed by atoms with E-state index in [1.54, 1.807) is 0 Å². The van der Waals surface area contributed by atoms with Crippen LogP contribution < -0.4 is 4.74 Å². The van der Waals surface area contributed by atoms with Gasteiger partial charge >= 0.3 is 6.01 Å². The summed E-state index contributed by atoms with van der Waals surface area (Å²) >= 11 is 6.99. The lowest BCUT2D eigenvalue weighted by molar-refractivity contribution is 0.288. The van der Waals surface area contributed by atoms with E-state index in [4.69, 9.17) is 16.3 Å². The van der Waals surface area contributed by atoms with Gasteiger partial charge in [0.2, 0.25) is 15.6 Å². The lowest BCUT2D eigenvalue weighted by atomic mass is 10.5. The Kier molecular flexibility index (Phi) is 4.32. The van der Waals surface area contributed by atoms with E-state index in [0.717, 1.165) is 12.2 Å². The van der Waals surface area contributed by atoms with Crippen LogP contribution in [0.25, 0.3) is 0 Å². The number of H-pyrrole nitrogens is 1. The second kappa shape index (κ2) is 5.96. The number of aromatic nitrogens is 6. The minimum atomic E-state index is 0.0888. The van der Waals surface area contributed by atoms with Crippen molar-refractivity contribution in [2.45, 2.75) is 30.6 Å². The van der Waals surface area contributed by atoms with Crippen molar-refractivity contribution in [3.8, 4) is 6.01 Å². The third kappa shape index (κ3) is 3.54. The number of aromatic amines is 1. The van der Waals surface area contributed by atoms with Crippen molar-refractivity contribution in [2.24, 2.45) is 0 Å². The first-order valence-corrected chi connectivity index (χ1v) is 6.48. The van der Waals surface area contributed by atoms with Crippen molar-refractivity contribution in [3.05, 3.63) is 11.1 Å². The van der Waals surface area contributed by atoms with Gasteiger partial charge in [-0.1, -0.05) is 6.92 Å². The van der Waals surface area contributed by atoms with Gasteiger partial charge in [-0.2, -0.15) is 15.0 Å². The molecular formula is C9H11ClN6OS. The molecule has 0 aliphatic carbocycles. The van der Waals surface area contributed by atoms with Gasteiger partial charge in [-0.05, 0) is 36.7 Å². The predicted molar refractivity (Wildman–Crippen MR) is 65.9 cm³/mol. The maximum Gasteiger partial charge on any atom is 0.321 e. The van der Waals surface area contributed by atoms with Gasteiger partial charge < -0.3 is 4.74 Å². The Balaban J connectivity index is 2.14. The smallest absolute Gasteiger partial charge is 0.321 e. The fourth-order valence-corrected chi connectivity index (χ4v) is 1.96. The highest BCUT2D eigenvalue weighted by atomic mass is 35.5. The Labute approximate surface area is 113 Å². The lowest BCUT2D eigenvalue weighted by Gasteiger charge is -2.03. The number of nitrogens with zero attached hydrogens (tertiary/aromatic N) is 5. The zero-order chi connectivity index (χ0) is 13.0. The van der Waals surface area contributed by atoms with Crippen molar-refractivity contribution in [2.75, 3.05) is 6.61 Å². The van der Waals surface area contributed by atoms with Gasteiger partial charge in [0.15, 0.2) is 0 Å². The summed E-state index contributed by atoms with van der Waals surface area (Å²) in [4.78, 5) is 16.1. The van der Waals surface area contributed by atoms with Crippen molar-refractivity contribution in [1.82, 2.24) is 30.1 Å². The van der Waals surface area contributed by atoms with Gasteiger partial charge in [0.05, 0.1) is 6.61 Å². The zero-order valence-corrected chi connectivity index (χ0v) is 11.4. The van der Waals surface area contributed by atoms with Crippen LogP contribution in [-0.4, -0.2) is 36.7 Å². The first-order chi connectivity index (χ1) is 8.67. The number of hydrogen-bond donors (Lipinski definition) is 1. The molecule has 0 saturated carbocycles. The van der Waals surface area contributed by atoms with Crippen LogP contribution >= 0.6 is 23.4 Å². The minimum absolute atomic E-state index is 0.0888. The second-order valence-corrected chi connectivity index (χ2v) is 4.60. The number of halogens is 1. The van der Waals surface area contributed by atoms with Crippen LogP contribution in [-0.2, 0) is 0 Å². The predicted octanol–water partition coefficient (Wildman–Crippen LogP) is 1.89. The lowest BCUT2D eigenvalue weighted by Crippen LogP contribution is -2.02. The van der Waals surface area contributed by atoms with Gasteiger partial charge in [-0.3, -0.25) is 5.10 Å². The third-order valence-corrected chi connectivity index (χ3v) is 2.66. The van der Waals surface area contributed by atoms with E-state index in [-0.39, 0.29) is 11.3 Å². The number of hydrogen-bond acceptors (Lipinski definition) is 7. The maximum absolute atomic E-state index is 5.80. The van der Waals surface area contributed by atoms with E-state index in [1.165, 1.54) is 11.8 Å². The highest BCUT2D eigenvalue weighted by Gasteiger charge is 2.10. The Morgan fingerprint density at radius 2 is 2.06 bits per heavy atom. The van der Waals surface area contributed by atoms with E-state index in [1.807, 2.05) is 13.8 Å². The first-order valence-electron chi connectivity index (χ1n) is 5.28. The maximum atomic E-state index is 5.80. The molecule has 0 spiro atoms. The Morgan fingerprint density at radius 1 is 1.22 bits per heavy atom. The highest BCUT2D eigenvalue weighted by molar-refractivity contribution is 7.99. The normalized spacial score (nSPS) is 10.6. The van der Waals surface area contributed by atoms with E-state index in [9.17, 15) is 0 Å². The number of rotatable bonds is 5. The first kappa shape index (κ1) is 13.0. The SMILES string of the molecule is CCCOc1nc(Cl)nc(Sc2n[nH]c(C)n2)n1. The highest BCUT2D eigenvalue weighted by Crippen LogP contribution is 2.23. The van der Waals surface area contributed by atoms with Crippen LogP contribution in [0, 0.1) is 6.92 Å². The van der Waals surface area contributed by atoms with Gasteiger partial charge in [0.25, 0.3) is 0 Å². The summed E-state index contributed by atoms with van der Waals surface area (Å²) < 4.78 is 5.31. The second-order valence-electron chi connectivity index (χ2n) is 3.32. The monoisotopic (exact) mass is 286 g/mol. The van der Waals surface area contributed by atoms with Gasteiger partial charge in [-0.25, -0.2) is 4.98 Å². The molecule has 0 unspecified atom stereocenters. The van der Waals surface area contributed by atoms with Gasteiger partial charge in [0, 0.05) is 0 Å². The summed E-state index contributed by atoms with van der Waals surface area (Å²) in [5.74, 6) is 0.722. The molecule has 0 bridgehead atoms. The minimum Gasteiger partial charge on any atom is -0.463 e. The molecule has 0 fully saturated rings. The molecule has 0 radical (unpaired) electrons. The molecule has 1 N–H and O–H groups in total. The van der Waals surface area contributed by atoms with Gasteiger partial charge in [0.1, 0.15) is 5.82 Å². The molecule has 0 atom stereocenters. The standard InChI is InChI=1S/C9H11ClN6OS/c1-3-4-17-7-12-6(10)13-8(14-7)18-9-11-5(2)15-16-9/h3-4H2,1-2H3,(H,11,15,16). The molecule has 0 aromatic carbocycles. The third-order valence-electron chi connectivity index (χ3n) is 1.76. The number of aryl methyl sites for hydroxylation is 1. The Bertz CT molecular complexity index is 534. The molecule has 96 valence electrons. The van der Waals surface area contributed by atoms with Gasteiger partial charge in [-0.15, -0.1) is 5.10 Å². The summed E-state index contributed by atoms with van der Waals surface area (Å²) in [7, 11) is 0. The molecule has 9 heteroatoms. The molecule has 2 heterocycles. The van der Waals surface area contributed by atoms with E-state index < -0.39 is 0 Å². The fourth-order valence-electron chi connectivity index (χ4n) is 1.07. The summed E-state index contributed by atoms with van der Waals surface area (Å²) in [6.45, 7) is 4.34. The van der Waals surface area contributed by atoms with E-state index >= 15 is 0 Å².